The van der Waals surface area contributed by atoms with Crippen molar-refractivity contribution in [3.63, 3.8) is 0 Å². The number of hydrogen-bond acceptors (Lipinski definition) is 4. The predicted octanol–water partition coefficient (Wildman–Crippen LogP) is 5.04. The van der Waals surface area contributed by atoms with Gasteiger partial charge in [-0.1, -0.05) is 12.1 Å². The molecule has 0 saturated carbocycles. The highest BCUT2D eigenvalue weighted by Crippen LogP contribution is 2.29. The summed E-state index contributed by atoms with van der Waals surface area (Å²) >= 11 is 0. The smallest absolute Gasteiger partial charge is 0.339 e. The third-order valence-electron chi connectivity index (χ3n) is 5.08. The van der Waals surface area contributed by atoms with Gasteiger partial charge in [-0.2, -0.15) is 0 Å². The molecule has 0 radical (unpaired) electrons. The van der Waals surface area contributed by atoms with E-state index in [2.05, 4.69) is 5.32 Å². The molecule has 5 nitrogen and oxygen atoms in total. The van der Waals surface area contributed by atoms with Crippen molar-refractivity contribution in [2.75, 3.05) is 5.32 Å². The van der Waals surface area contributed by atoms with Crippen LogP contribution in [0, 0.1) is 20.8 Å². The third kappa shape index (κ3) is 3.31. The van der Waals surface area contributed by atoms with Crippen molar-refractivity contribution in [2.24, 2.45) is 0 Å². The molecule has 1 N–H and O–H groups in total. The van der Waals surface area contributed by atoms with Crippen LogP contribution in [0.1, 0.15) is 28.7 Å². The molecule has 28 heavy (non-hydrogen) atoms. The third-order valence-corrected chi connectivity index (χ3v) is 5.08. The van der Waals surface area contributed by atoms with E-state index in [9.17, 15) is 9.59 Å². The molecule has 4 aromatic rings. The van der Waals surface area contributed by atoms with Crippen LogP contribution >= 0.6 is 0 Å². The number of aryl methyl sites for hydroxylation is 3. The number of anilines is 1. The number of nitrogens with one attached hydrogen (secondary N) is 1. The largest absolute Gasteiger partial charge is 0.464 e. The van der Waals surface area contributed by atoms with E-state index in [1.807, 2.05) is 51.1 Å². The number of benzene rings is 2. The lowest BCUT2D eigenvalue weighted by molar-refractivity contribution is -0.116. The van der Waals surface area contributed by atoms with Crippen LogP contribution in [0.3, 0.4) is 0 Å². The maximum absolute atomic E-state index is 12.5. The molecule has 0 spiro atoms. The zero-order chi connectivity index (χ0) is 19.8. The van der Waals surface area contributed by atoms with Crippen LogP contribution < -0.4 is 10.9 Å². The Morgan fingerprint density at radius 3 is 2.64 bits per heavy atom. The molecule has 0 aliphatic rings. The van der Waals surface area contributed by atoms with Gasteiger partial charge < -0.3 is 14.2 Å². The molecule has 5 heteroatoms. The first-order chi connectivity index (χ1) is 13.4. The van der Waals surface area contributed by atoms with Crippen molar-refractivity contribution in [3.8, 4) is 0 Å². The van der Waals surface area contributed by atoms with Crippen LogP contribution in [0.2, 0.25) is 0 Å². The Bertz CT molecular complexity index is 1260. The number of rotatable bonds is 4. The Morgan fingerprint density at radius 2 is 1.86 bits per heavy atom. The zero-order valence-corrected chi connectivity index (χ0v) is 16.1. The second-order valence-corrected chi connectivity index (χ2v) is 7.17. The van der Waals surface area contributed by atoms with Crippen LogP contribution in [0.4, 0.5) is 5.69 Å². The predicted molar refractivity (Wildman–Crippen MR) is 110 cm³/mol. The molecule has 0 unspecified atom stereocenters. The highest BCUT2D eigenvalue weighted by Gasteiger charge is 2.15. The van der Waals surface area contributed by atoms with Crippen molar-refractivity contribution in [1.29, 1.82) is 0 Å². The summed E-state index contributed by atoms with van der Waals surface area (Å²) in [5.41, 5.74) is 5.02. The number of hydrogen-bond donors (Lipinski definition) is 1. The summed E-state index contributed by atoms with van der Waals surface area (Å²) in [6.45, 7) is 5.84. The van der Waals surface area contributed by atoms with Gasteiger partial charge in [0.1, 0.15) is 11.2 Å². The molecule has 0 bridgehead atoms. The highest BCUT2D eigenvalue weighted by molar-refractivity contribution is 5.96. The van der Waals surface area contributed by atoms with Gasteiger partial charge in [-0.15, -0.1) is 0 Å². The Morgan fingerprint density at radius 1 is 1.04 bits per heavy atom. The molecule has 0 aliphatic heterocycles. The summed E-state index contributed by atoms with van der Waals surface area (Å²) in [4.78, 5) is 24.8. The maximum Gasteiger partial charge on any atom is 0.339 e. The van der Waals surface area contributed by atoms with Gasteiger partial charge in [0.15, 0.2) is 0 Å². The number of amides is 1. The first kappa shape index (κ1) is 18.0. The van der Waals surface area contributed by atoms with Gasteiger partial charge in [0.05, 0.1) is 6.26 Å². The standard InChI is InChI=1S/C23H21NO4/c1-13-5-4-6-16(9-13)24-22(25)8-7-17-15(3)19-10-18-14(2)12-27-20(18)11-21(19)28-23(17)26/h4-6,9-12H,7-8H2,1-3H3,(H,24,25). The van der Waals surface area contributed by atoms with E-state index in [4.69, 9.17) is 8.83 Å². The molecule has 2 heterocycles. The molecule has 0 saturated heterocycles. The van der Waals surface area contributed by atoms with Gasteiger partial charge in [0.2, 0.25) is 5.91 Å². The van der Waals surface area contributed by atoms with Gasteiger partial charge in [0, 0.05) is 34.5 Å². The molecule has 142 valence electrons. The Hall–Kier alpha value is -3.34. The Labute approximate surface area is 162 Å². The molecule has 0 atom stereocenters. The fourth-order valence-electron chi connectivity index (χ4n) is 3.51. The van der Waals surface area contributed by atoms with Gasteiger partial charge in [-0.3, -0.25) is 4.79 Å². The average molecular weight is 375 g/mol. The van der Waals surface area contributed by atoms with E-state index >= 15 is 0 Å². The minimum absolute atomic E-state index is 0.134. The van der Waals surface area contributed by atoms with Gasteiger partial charge in [-0.05, 0) is 62.1 Å². The molecule has 2 aromatic carbocycles. The van der Waals surface area contributed by atoms with Gasteiger partial charge in [0.25, 0.3) is 0 Å². The monoisotopic (exact) mass is 375 g/mol. The molecular weight excluding hydrogens is 354 g/mol. The summed E-state index contributed by atoms with van der Waals surface area (Å²) in [6, 6.07) is 11.4. The second kappa shape index (κ2) is 7.00. The normalized spacial score (nSPS) is 11.2. The van der Waals surface area contributed by atoms with E-state index in [1.54, 1.807) is 12.3 Å². The zero-order valence-electron chi connectivity index (χ0n) is 16.1. The van der Waals surface area contributed by atoms with Crippen molar-refractivity contribution in [3.05, 3.63) is 75.3 Å². The summed E-state index contributed by atoms with van der Waals surface area (Å²) in [5, 5.41) is 4.73. The van der Waals surface area contributed by atoms with Crippen LogP contribution in [-0.2, 0) is 11.2 Å². The highest BCUT2D eigenvalue weighted by atomic mass is 16.4. The number of furan rings is 1. The van der Waals surface area contributed by atoms with E-state index in [0.717, 1.165) is 33.2 Å². The van der Waals surface area contributed by atoms with Crippen molar-refractivity contribution < 1.29 is 13.6 Å². The lowest BCUT2D eigenvalue weighted by Gasteiger charge is -2.09. The summed E-state index contributed by atoms with van der Waals surface area (Å²) in [7, 11) is 0. The quantitative estimate of drug-likeness (QED) is 0.508. The van der Waals surface area contributed by atoms with E-state index in [0.29, 0.717) is 23.2 Å². The topological polar surface area (TPSA) is 72.5 Å². The Kier molecular flexibility index (Phi) is 4.51. The SMILES string of the molecule is Cc1cccc(NC(=O)CCc2c(C)c3cc4c(C)coc4cc3oc2=O)c1. The number of fused-ring (bicyclic) bond motifs is 2. The summed E-state index contributed by atoms with van der Waals surface area (Å²) in [6.07, 6.45) is 2.22. The number of carbonyl (C=O) groups excluding carboxylic acids is 1. The van der Waals surface area contributed by atoms with Crippen LogP contribution in [-0.4, -0.2) is 5.91 Å². The lowest BCUT2D eigenvalue weighted by atomic mass is 10.0. The first-order valence-corrected chi connectivity index (χ1v) is 9.23. The van der Waals surface area contributed by atoms with Gasteiger partial charge in [-0.25, -0.2) is 4.79 Å². The van der Waals surface area contributed by atoms with E-state index in [1.165, 1.54) is 0 Å². The number of carbonyl (C=O) groups is 1. The molecule has 0 aliphatic carbocycles. The van der Waals surface area contributed by atoms with Crippen molar-refractivity contribution >= 4 is 33.5 Å². The first-order valence-electron chi connectivity index (χ1n) is 9.23. The van der Waals surface area contributed by atoms with Crippen molar-refractivity contribution in [1.82, 2.24) is 0 Å². The fourth-order valence-corrected chi connectivity index (χ4v) is 3.51. The summed E-state index contributed by atoms with van der Waals surface area (Å²) < 4.78 is 11.0. The second-order valence-electron chi connectivity index (χ2n) is 7.17. The Balaban J connectivity index is 1.61. The average Bonchev–Trinajstić information content (AvgIpc) is 3.00. The van der Waals surface area contributed by atoms with E-state index in [-0.39, 0.29) is 12.3 Å². The molecular formula is C23H21NO4. The minimum atomic E-state index is -0.406. The van der Waals surface area contributed by atoms with E-state index < -0.39 is 5.63 Å². The molecule has 2 aromatic heterocycles. The minimum Gasteiger partial charge on any atom is -0.464 e. The maximum atomic E-state index is 12.5. The summed E-state index contributed by atoms with van der Waals surface area (Å²) in [5.74, 6) is -0.134. The lowest BCUT2D eigenvalue weighted by Crippen LogP contribution is -2.16. The van der Waals surface area contributed by atoms with Crippen LogP contribution in [0.15, 0.2) is 56.3 Å². The van der Waals surface area contributed by atoms with Gasteiger partial charge >= 0.3 is 5.63 Å². The molecule has 1 amide bonds. The fraction of sp³-hybridized carbons (Fsp3) is 0.217. The molecule has 4 rings (SSSR count). The molecule has 0 fully saturated rings. The van der Waals surface area contributed by atoms with Crippen LogP contribution in [0.5, 0.6) is 0 Å². The van der Waals surface area contributed by atoms with Crippen molar-refractivity contribution in [2.45, 2.75) is 33.6 Å². The van der Waals surface area contributed by atoms with Crippen LogP contribution in [0.25, 0.3) is 21.9 Å².